The van der Waals surface area contributed by atoms with Crippen molar-refractivity contribution in [3.05, 3.63) is 58.6 Å². The van der Waals surface area contributed by atoms with Gasteiger partial charge in [-0.05, 0) is 49.1 Å². The maximum atomic E-state index is 13.1. The van der Waals surface area contributed by atoms with E-state index in [4.69, 9.17) is 11.6 Å². The molecule has 0 spiro atoms. The SMILES string of the molecule is O=C(c1cc(S(=O)(=O)N2CCCCC2)ccc1Cl)N1CCc2ccccc21. The molecule has 4 rings (SSSR count). The molecule has 2 heterocycles. The minimum Gasteiger partial charge on any atom is -0.308 e. The van der Waals surface area contributed by atoms with Crippen molar-refractivity contribution in [1.82, 2.24) is 4.31 Å². The number of hydrogen-bond acceptors (Lipinski definition) is 3. The van der Waals surface area contributed by atoms with Gasteiger partial charge in [0.25, 0.3) is 5.91 Å². The normalized spacial score (nSPS) is 17.7. The Morgan fingerprint density at radius 2 is 1.70 bits per heavy atom. The third kappa shape index (κ3) is 3.37. The minimum atomic E-state index is -3.61. The molecule has 0 aromatic heterocycles. The molecule has 2 aliphatic rings. The molecule has 27 heavy (non-hydrogen) atoms. The van der Waals surface area contributed by atoms with Gasteiger partial charge in [-0.1, -0.05) is 36.2 Å². The van der Waals surface area contributed by atoms with Gasteiger partial charge in [-0.25, -0.2) is 8.42 Å². The van der Waals surface area contributed by atoms with Crippen LogP contribution in [0, 0.1) is 0 Å². The van der Waals surface area contributed by atoms with Gasteiger partial charge >= 0.3 is 0 Å². The fourth-order valence-corrected chi connectivity index (χ4v) is 5.52. The van der Waals surface area contributed by atoms with E-state index in [2.05, 4.69) is 0 Å². The van der Waals surface area contributed by atoms with Gasteiger partial charge in [-0.3, -0.25) is 4.79 Å². The van der Waals surface area contributed by atoms with Crippen LogP contribution in [0.2, 0.25) is 5.02 Å². The molecule has 0 unspecified atom stereocenters. The van der Waals surface area contributed by atoms with Gasteiger partial charge in [-0.2, -0.15) is 4.31 Å². The first-order chi connectivity index (χ1) is 13.0. The van der Waals surface area contributed by atoms with Crippen molar-refractivity contribution in [1.29, 1.82) is 0 Å². The largest absolute Gasteiger partial charge is 0.308 e. The quantitative estimate of drug-likeness (QED) is 0.783. The second-order valence-corrected chi connectivity index (χ2v) is 9.29. The number of anilines is 1. The van der Waals surface area contributed by atoms with E-state index in [-0.39, 0.29) is 21.4 Å². The highest BCUT2D eigenvalue weighted by molar-refractivity contribution is 7.89. The molecular formula is C20H21ClN2O3S. The maximum Gasteiger partial charge on any atom is 0.259 e. The van der Waals surface area contributed by atoms with Crippen LogP contribution in [0.4, 0.5) is 5.69 Å². The summed E-state index contributed by atoms with van der Waals surface area (Å²) in [6, 6.07) is 12.2. The van der Waals surface area contributed by atoms with E-state index < -0.39 is 10.0 Å². The fourth-order valence-electron chi connectivity index (χ4n) is 3.78. The number of para-hydroxylation sites is 1. The lowest BCUT2D eigenvalue weighted by molar-refractivity contribution is 0.0989. The predicted molar refractivity (Wildman–Crippen MR) is 106 cm³/mol. The van der Waals surface area contributed by atoms with E-state index in [1.165, 1.54) is 22.5 Å². The number of rotatable bonds is 3. The van der Waals surface area contributed by atoms with Crippen LogP contribution >= 0.6 is 11.6 Å². The van der Waals surface area contributed by atoms with E-state index in [1.54, 1.807) is 4.90 Å². The predicted octanol–water partition coefficient (Wildman–Crippen LogP) is 3.72. The maximum absolute atomic E-state index is 13.1. The summed E-state index contributed by atoms with van der Waals surface area (Å²) in [7, 11) is -3.61. The highest BCUT2D eigenvalue weighted by atomic mass is 35.5. The summed E-state index contributed by atoms with van der Waals surface area (Å²) in [4.78, 5) is 14.9. The number of amides is 1. The average molecular weight is 405 g/mol. The van der Waals surface area contributed by atoms with E-state index in [0.717, 1.165) is 36.9 Å². The van der Waals surface area contributed by atoms with Crippen molar-refractivity contribution in [3.63, 3.8) is 0 Å². The lowest BCUT2D eigenvalue weighted by Gasteiger charge is -2.26. The third-order valence-corrected chi connectivity index (χ3v) is 7.48. The van der Waals surface area contributed by atoms with Crippen molar-refractivity contribution < 1.29 is 13.2 Å². The van der Waals surface area contributed by atoms with Crippen molar-refractivity contribution in [2.24, 2.45) is 0 Å². The highest BCUT2D eigenvalue weighted by Gasteiger charge is 2.30. The van der Waals surface area contributed by atoms with Crippen LogP contribution < -0.4 is 4.90 Å². The number of fused-ring (bicyclic) bond motifs is 1. The number of carbonyl (C=O) groups is 1. The Morgan fingerprint density at radius 3 is 2.48 bits per heavy atom. The van der Waals surface area contributed by atoms with Crippen LogP contribution in [0.5, 0.6) is 0 Å². The van der Waals surface area contributed by atoms with Gasteiger partial charge in [0, 0.05) is 25.3 Å². The van der Waals surface area contributed by atoms with Crippen molar-refractivity contribution in [2.45, 2.75) is 30.6 Å². The first-order valence-corrected chi connectivity index (χ1v) is 11.0. The van der Waals surface area contributed by atoms with Gasteiger partial charge < -0.3 is 4.90 Å². The zero-order valence-electron chi connectivity index (χ0n) is 14.9. The zero-order valence-corrected chi connectivity index (χ0v) is 16.5. The van der Waals surface area contributed by atoms with E-state index in [1.807, 2.05) is 24.3 Å². The molecule has 1 saturated heterocycles. The number of sulfonamides is 1. The molecule has 0 N–H and O–H groups in total. The molecule has 1 fully saturated rings. The number of nitrogens with zero attached hydrogens (tertiary/aromatic N) is 2. The average Bonchev–Trinajstić information content (AvgIpc) is 3.12. The Kier molecular flexibility index (Phi) is 4.97. The summed E-state index contributed by atoms with van der Waals surface area (Å²) in [6.45, 7) is 1.61. The first kappa shape index (κ1) is 18.5. The van der Waals surface area contributed by atoms with Crippen molar-refractivity contribution in [3.8, 4) is 0 Å². The van der Waals surface area contributed by atoms with Crippen LogP contribution in [0.25, 0.3) is 0 Å². The molecule has 5 nitrogen and oxygen atoms in total. The van der Waals surface area contributed by atoms with E-state index in [0.29, 0.717) is 19.6 Å². The summed E-state index contributed by atoms with van der Waals surface area (Å²) in [5, 5.41) is 0.266. The number of benzene rings is 2. The minimum absolute atomic E-state index is 0.129. The molecule has 0 atom stereocenters. The molecule has 0 bridgehead atoms. The van der Waals surface area contributed by atoms with Crippen LogP contribution in [-0.2, 0) is 16.4 Å². The summed E-state index contributed by atoms with van der Waals surface area (Å²) in [5.74, 6) is -0.263. The third-order valence-electron chi connectivity index (χ3n) is 5.25. The molecule has 1 amide bonds. The first-order valence-electron chi connectivity index (χ1n) is 9.18. The molecular weight excluding hydrogens is 384 g/mol. The Bertz CT molecular complexity index is 984. The molecule has 2 aliphatic heterocycles. The van der Waals surface area contributed by atoms with Gasteiger partial charge in [0.1, 0.15) is 0 Å². The lowest BCUT2D eigenvalue weighted by Crippen LogP contribution is -2.36. The highest BCUT2D eigenvalue weighted by Crippen LogP contribution is 2.31. The monoisotopic (exact) mass is 404 g/mol. The summed E-state index contributed by atoms with van der Waals surface area (Å²) in [6.07, 6.45) is 3.56. The lowest BCUT2D eigenvalue weighted by atomic mass is 10.1. The second kappa shape index (κ2) is 7.26. The van der Waals surface area contributed by atoms with Gasteiger partial charge in [0.05, 0.1) is 15.5 Å². The molecule has 2 aromatic carbocycles. The Morgan fingerprint density at radius 1 is 0.963 bits per heavy atom. The summed E-state index contributed by atoms with van der Waals surface area (Å²) >= 11 is 6.28. The smallest absolute Gasteiger partial charge is 0.259 e. The molecule has 0 aliphatic carbocycles. The molecule has 0 saturated carbocycles. The Labute approximate surface area is 164 Å². The van der Waals surface area contributed by atoms with Crippen molar-refractivity contribution >= 4 is 33.2 Å². The van der Waals surface area contributed by atoms with Gasteiger partial charge in [0.15, 0.2) is 0 Å². The van der Waals surface area contributed by atoms with Crippen LogP contribution in [0.15, 0.2) is 47.4 Å². The van der Waals surface area contributed by atoms with Gasteiger partial charge in [0.2, 0.25) is 10.0 Å². The molecule has 0 radical (unpaired) electrons. The number of halogens is 1. The fraction of sp³-hybridized carbons (Fsp3) is 0.350. The standard InChI is InChI=1S/C20H21ClN2O3S/c21-18-9-8-16(27(25,26)22-11-4-1-5-12-22)14-17(18)20(24)23-13-10-15-6-2-3-7-19(15)23/h2-3,6-9,14H,1,4-5,10-13H2. The van der Waals surface area contributed by atoms with Crippen LogP contribution in [0.3, 0.4) is 0 Å². The van der Waals surface area contributed by atoms with E-state index >= 15 is 0 Å². The van der Waals surface area contributed by atoms with E-state index in [9.17, 15) is 13.2 Å². The second-order valence-electron chi connectivity index (χ2n) is 6.94. The Hall–Kier alpha value is -1.89. The zero-order chi connectivity index (χ0) is 19.0. The molecule has 2 aromatic rings. The summed E-state index contributed by atoms with van der Waals surface area (Å²) < 4.78 is 27.4. The molecule has 7 heteroatoms. The number of hydrogen-bond donors (Lipinski definition) is 0. The summed E-state index contributed by atoms with van der Waals surface area (Å²) in [5.41, 5.74) is 2.20. The number of carbonyl (C=O) groups excluding carboxylic acids is 1. The van der Waals surface area contributed by atoms with Crippen LogP contribution in [0.1, 0.15) is 35.2 Å². The topological polar surface area (TPSA) is 57.7 Å². The number of piperidine rings is 1. The van der Waals surface area contributed by atoms with Crippen molar-refractivity contribution in [2.75, 3.05) is 24.5 Å². The van der Waals surface area contributed by atoms with Gasteiger partial charge in [-0.15, -0.1) is 0 Å². The molecule has 142 valence electrons. The van der Waals surface area contributed by atoms with Crippen LogP contribution in [-0.4, -0.2) is 38.3 Å². The Balaban J connectivity index is 1.68.